The third kappa shape index (κ3) is 4.10. The third-order valence-corrected chi connectivity index (χ3v) is 6.96. The van der Waals surface area contributed by atoms with Gasteiger partial charge in [0.1, 0.15) is 17.6 Å². The molecule has 1 amide bonds. The second-order valence-electron chi connectivity index (χ2n) is 7.25. The zero-order valence-corrected chi connectivity index (χ0v) is 17.6. The zero-order chi connectivity index (χ0) is 21.5. The normalized spacial score (nSPS) is 22.8. The number of aromatic amines is 1. The van der Waals surface area contributed by atoms with Crippen molar-refractivity contribution < 1.29 is 17.6 Å². The number of imidazole rings is 1. The topological polar surface area (TPSA) is 120 Å². The van der Waals surface area contributed by atoms with E-state index in [2.05, 4.69) is 25.0 Å². The maximum absolute atomic E-state index is 13.1. The van der Waals surface area contributed by atoms with Gasteiger partial charge in [0.25, 0.3) is 10.2 Å². The number of hydrogen-bond acceptors (Lipinski definition) is 5. The number of amides is 1. The lowest BCUT2D eigenvalue weighted by atomic mass is 9.95. The number of halogens is 2. The van der Waals surface area contributed by atoms with Crippen LogP contribution in [0.3, 0.4) is 0 Å². The van der Waals surface area contributed by atoms with Crippen LogP contribution in [0, 0.1) is 11.7 Å². The molecule has 12 heteroatoms. The van der Waals surface area contributed by atoms with Gasteiger partial charge in [-0.25, -0.2) is 14.4 Å². The van der Waals surface area contributed by atoms with Gasteiger partial charge in [-0.2, -0.15) is 17.4 Å². The van der Waals surface area contributed by atoms with E-state index in [1.807, 2.05) is 6.92 Å². The number of rotatable bonds is 5. The van der Waals surface area contributed by atoms with Crippen LogP contribution >= 0.6 is 11.6 Å². The van der Waals surface area contributed by atoms with Gasteiger partial charge in [0.05, 0.1) is 11.9 Å². The lowest BCUT2D eigenvalue weighted by Gasteiger charge is -2.30. The first kappa shape index (κ1) is 20.9. The summed E-state index contributed by atoms with van der Waals surface area (Å²) in [6, 6.07) is 2.02. The second kappa shape index (κ2) is 8.06. The highest BCUT2D eigenvalue weighted by molar-refractivity contribution is 7.87. The molecule has 0 radical (unpaired) electrons. The Labute approximate surface area is 177 Å². The first-order valence-electron chi connectivity index (χ1n) is 9.37. The van der Waals surface area contributed by atoms with E-state index in [-0.39, 0.29) is 30.1 Å². The van der Waals surface area contributed by atoms with Crippen molar-refractivity contribution in [2.24, 2.45) is 5.92 Å². The number of hydrogen-bond donors (Lipinski definition) is 3. The van der Waals surface area contributed by atoms with Crippen LogP contribution in [0.25, 0.3) is 17.1 Å². The molecule has 1 fully saturated rings. The first-order chi connectivity index (χ1) is 14.2. The Hall–Kier alpha value is -2.34. The molecule has 0 saturated carbocycles. The van der Waals surface area contributed by atoms with Gasteiger partial charge in [-0.3, -0.25) is 4.79 Å². The predicted molar refractivity (Wildman–Crippen MR) is 109 cm³/mol. The van der Waals surface area contributed by atoms with Crippen molar-refractivity contribution in [3.63, 3.8) is 0 Å². The molecule has 4 rings (SSSR count). The lowest BCUT2D eigenvalue weighted by molar-refractivity contribution is -0.120. The van der Waals surface area contributed by atoms with Crippen LogP contribution in [0.1, 0.15) is 19.0 Å². The van der Waals surface area contributed by atoms with Crippen molar-refractivity contribution in [2.75, 3.05) is 19.6 Å². The SMILES string of the molecule is C[C@H]1CN(S(=O)(=O)NC2CCNC2=O)CC=C1c1[nH]c(-c2ccc(F)cn2)nc1Cl. The molecule has 0 aliphatic carbocycles. The Kier molecular flexibility index (Phi) is 5.62. The summed E-state index contributed by atoms with van der Waals surface area (Å²) in [5, 5.41) is 2.84. The van der Waals surface area contributed by atoms with Crippen molar-refractivity contribution in [1.29, 1.82) is 0 Å². The molecule has 160 valence electrons. The summed E-state index contributed by atoms with van der Waals surface area (Å²) in [4.78, 5) is 23.0. The van der Waals surface area contributed by atoms with Gasteiger partial charge in [0, 0.05) is 19.6 Å². The molecule has 0 bridgehead atoms. The number of nitrogens with zero attached hydrogens (tertiary/aromatic N) is 3. The predicted octanol–water partition coefficient (Wildman–Crippen LogP) is 1.32. The summed E-state index contributed by atoms with van der Waals surface area (Å²) in [5.41, 5.74) is 1.84. The van der Waals surface area contributed by atoms with Crippen molar-refractivity contribution in [1.82, 2.24) is 29.3 Å². The molecule has 3 N–H and O–H groups in total. The molecule has 2 aliphatic heterocycles. The number of carbonyl (C=O) groups excluding carboxylic acids is 1. The van der Waals surface area contributed by atoms with E-state index in [1.165, 1.54) is 16.4 Å². The molecular weight excluding hydrogens is 435 g/mol. The Bertz CT molecular complexity index is 1100. The molecule has 30 heavy (non-hydrogen) atoms. The van der Waals surface area contributed by atoms with E-state index in [9.17, 15) is 17.6 Å². The van der Waals surface area contributed by atoms with Crippen molar-refractivity contribution in [3.8, 4) is 11.5 Å². The van der Waals surface area contributed by atoms with E-state index < -0.39 is 22.1 Å². The third-order valence-electron chi connectivity index (χ3n) is 5.12. The standard InChI is InChI=1S/C18H20ClFN6O3S/c1-10-9-26(30(28,29)25-14-4-6-21-18(14)27)7-5-12(10)15-16(19)24-17(23-15)13-3-2-11(20)8-22-13/h2-3,5,8,10,14,25H,4,6-7,9H2,1H3,(H,21,27)(H,23,24)/t10-,14?/m0/s1. The van der Waals surface area contributed by atoms with Gasteiger partial charge in [-0.15, -0.1) is 0 Å². The summed E-state index contributed by atoms with van der Waals surface area (Å²) >= 11 is 6.31. The van der Waals surface area contributed by atoms with Crippen LogP contribution in [0.5, 0.6) is 0 Å². The molecule has 4 heterocycles. The average molecular weight is 455 g/mol. The Morgan fingerprint density at radius 2 is 2.17 bits per heavy atom. The van der Waals surface area contributed by atoms with Crippen LogP contribution in [-0.2, 0) is 15.0 Å². The molecule has 1 unspecified atom stereocenters. The quantitative estimate of drug-likeness (QED) is 0.629. The van der Waals surface area contributed by atoms with Crippen molar-refractivity contribution >= 4 is 33.3 Å². The van der Waals surface area contributed by atoms with Crippen LogP contribution in [-0.4, -0.2) is 59.3 Å². The summed E-state index contributed by atoms with van der Waals surface area (Å²) in [6.07, 6.45) is 3.28. The van der Waals surface area contributed by atoms with Crippen molar-refractivity contribution in [2.45, 2.75) is 19.4 Å². The first-order valence-corrected chi connectivity index (χ1v) is 11.2. The van der Waals surface area contributed by atoms with Crippen molar-refractivity contribution in [3.05, 3.63) is 41.1 Å². The van der Waals surface area contributed by atoms with Crippen LogP contribution in [0.15, 0.2) is 24.4 Å². The largest absolute Gasteiger partial charge is 0.355 e. The molecule has 1 saturated heterocycles. The van der Waals surface area contributed by atoms with E-state index in [0.717, 1.165) is 11.8 Å². The fourth-order valence-corrected chi connectivity index (χ4v) is 5.23. The summed E-state index contributed by atoms with van der Waals surface area (Å²) in [7, 11) is -3.82. The van der Waals surface area contributed by atoms with Gasteiger partial charge >= 0.3 is 0 Å². The fourth-order valence-electron chi connectivity index (χ4n) is 3.57. The summed E-state index contributed by atoms with van der Waals surface area (Å²) in [5.74, 6) is -0.553. The second-order valence-corrected chi connectivity index (χ2v) is 9.31. The maximum atomic E-state index is 13.1. The summed E-state index contributed by atoms with van der Waals surface area (Å²) < 4.78 is 42.2. The zero-order valence-electron chi connectivity index (χ0n) is 16.0. The Morgan fingerprint density at radius 3 is 2.80 bits per heavy atom. The fraction of sp³-hybridized carbons (Fsp3) is 0.389. The minimum Gasteiger partial charge on any atom is -0.355 e. The highest BCUT2D eigenvalue weighted by Crippen LogP contribution is 2.33. The molecule has 2 atom stereocenters. The van der Waals surface area contributed by atoms with E-state index in [1.54, 1.807) is 6.08 Å². The molecule has 2 aliphatic rings. The average Bonchev–Trinajstić information content (AvgIpc) is 3.27. The molecule has 0 aromatic carbocycles. The van der Waals surface area contributed by atoms with Gasteiger partial charge in [0.2, 0.25) is 5.91 Å². The van der Waals surface area contributed by atoms with Crippen LogP contribution < -0.4 is 10.0 Å². The van der Waals surface area contributed by atoms with Gasteiger partial charge in [-0.1, -0.05) is 24.6 Å². The van der Waals surface area contributed by atoms with Gasteiger partial charge in [0.15, 0.2) is 11.0 Å². The number of nitrogens with one attached hydrogen (secondary N) is 3. The van der Waals surface area contributed by atoms with Gasteiger partial charge in [-0.05, 0) is 30.0 Å². The minimum absolute atomic E-state index is 0.128. The van der Waals surface area contributed by atoms with E-state index >= 15 is 0 Å². The Morgan fingerprint density at radius 1 is 1.37 bits per heavy atom. The number of carbonyl (C=O) groups is 1. The monoisotopic (exact) mass is 454 g/mol. The summed E-state index contributed by atoms with van der Waals surface area (Å²) in [6.45, 7) is 2.68. The highest BCUT2D eigenvalue weighted by atomic mass is 35.5. The number of H-pyrrole nitrogens is 1. The van der Waals surface area contributed by atoms with E-state index in [0.29, 0.717) is 30.2 Å². The molecule has 2 aromatic heterocycles. The molecule has 9 nitrogen and oxygen atoms in total. The number of aromatic nitrogens is 3. The van der Waals surface area contributed by atoms with Gasteiger partial charge < -0.3 is 10.3 Å². The lowest BCUT2D eigenvalue weighted by Crippen LogP contribution is -2.50. The van der Waals surface area contributed by atoms with E-state index in [4.69, 9.17) is 11.6 Å². The van der Waals surface area contributed by atoms with Crippen LogP contribution in [0.4, 0.5) is 4.39 Å². The minimum atomic E-state index is -3.82. The highest BCUT2D eigenvalue weighted by Gasteiger charge is 2.34. The van der Waals surface area contributed by atoms with Crippen LogP contribution in [0.2, 0.25) is 5.15 Å². The molecule has 2 aromatic rings. The number of pyridine rings is 1. The maximum Gasteiger partial charge on any atom is 0.280 e. The molecular formula is C18H20ClFN6O3S. The Balaban J connectivity index is 1.53. The molecule has 0 spiro atoms. The smallest absolute Gasteiger partial charge is 0.280 e.